The summed E-state index contributed by atoms with van der Waals surface area (Å²) in [5, 5.41) is 3.09. The van der Waals surface area contributed by atoms with Gasteiger partial charge in [-0.3, -0.25) is 9.59 Å². The normalized spacial score (nSPS) is 15.7. The second kappa shape index (κ2) is 11.6. The molecule has 0 atom stereocenters. The van der Waals surface area contributed by atoms with Crippen molar-refractivity contribution in [1.82, 2.24) is 19.4 Å². The number of likely N-dealkylation sites (tertiary alicyclic amines) is 1. The summed E-state index contributed by atoms with van der Waals surface area (Å²) in [5.74, 6) is -0.264. The van der Waals surface area contributed by atoms with Gasteiger partial charge in [0, 0.05) is 50.7 Å². The van der Waals surface area contributed by atoms with Crippen LogP contribution >= 0.6 is 0 Å². The molecular formula is C25H42N4O4S. The second-order valence-corrected chi connectivity index (χ2v) is 12.2. The Labute approximate surface area is 205 Å². The van der Waals surface area contributed by atoms with E-state index in [9.17, 15) is 18.0 Å². The smallest absolute Gasteiger partial charge is 0.253 e. The third-order valence-corrected chi connectivity index (χ3v) is 8.59. The van der Waals surface area contributed by atoms with Crippen LogP contribution in [0.2, 0.25) is 0 Å². The average molecular weight is 495 g/mol. The maximum absolute atomic E-state index is 13.1. The Morgan fingerprint density at radius 1 is 1.12 bits per heavy atom. The van der Waals surface area contributed by atoms with Crippen molar-refractivity contribution in [3.63, 3.8) is 0 Å². The van der Waals surface area contributed by atoms with Crippen LogP contribution in [0.5, 0.6) is 0 Å². The standard InChI is InChI=1S/C25H42N4O4S/c1-8-29(9-2)34(32,33)22-16-21(11-10-19(22)3)24(31)28-14-12-20(13-15-28)23(30)26-17-25(4,5)18-27(6)7/h10-11,16,20H,8-9,12-15,17-18H2,1-7H3,(H,26,30). The largest absolute Gasteiger partial charge is 0.355 e. The van der Waals surface area contributed by atoms with Crippen LogP contribution < -0.4 is 5.32 Å². The van der Waals surface area contributed by atoms with Crippen LogP contribution in [0.3, 0.4) is 0 Å². The van der Waals surface area contributed by atoms with Gasteiger partial charge in [0.2, 0.25) is 15.9 Å². The summed E-state index contributed by atoms with van der Waals surface area (Å²) in [4.78, 5) is 29.8. The summed E-state index contributed by atoms with van der Waals surface area (Å²) in [5.41, 5.74) is 0.963. The Kier molecular flexibility index (Phi) is 9.68. The lowest BCUT2D eigenvalue weighted by molar-refractivity contribution is -0.126. The van der Waals surface area contributed by atoms with E-state index in [-0.39, 0.29) is 28.0 Å². The van der Waals surface area contributed by atoms with Crippen LogP contribution in [0, 0.1) is 18.3 Å². The number of sulfonamides is 1. The van der Waals surface area contributed by atoms with E-state index >= 15 is 0 Å². The number of benzene rings is 1. The van der Waals surface area contributed by atoms with Gasteiger partial charge in [0.15, 0.2) is 0 Å². The predicted octanol–water partition coefficient (Wildman–Crippen LogP) is 2.58. The molecule has 34 heavy (non-hydrogen) atoms. The van der Waals surface area contributed by atoms with Crippen molar-refractivity contribution in [1.29, 1.82) is 0 Å². The van der Waals surface area contributed by atoms with Crippen molar-refractivity contribution in [2.75, 3.05) is 53.4 Å². The summed E-state index contributed by atoms with van der Waals surface area (Å²) < 4.78 is 27.5. The van der Waals surface area contributed by atoms with E-state index in [0.717, 1.165) is 6.54 Å². The number of hydrogen-bond acceptors (Lipinski definition) is 5. The average Bonchev–Trinajstić information content (AvgIpc) is 2.77. The SMILES string of the molecule is CCN(CC)S(=O)(=O)c1cc(C(=O)N2CCC(C(=O)NCC(C)(C)CN(C)C)CC2)ccc1C. The Bertz CT molecular complexity index is 963. The fourth-order valence-electron chi connectivity index (χ4n) is 4.62. The lowest BCUT2D eigenvalue weighted by Crippen LogP contribution is -2.46. The first-order chi connectivity index (χ1) is 15.8. The number of amides is 2. The molecule has 0 aliphatic carbocycles. The van der Waals surface area contributed by atoms with Crippen molar-refractivity contribution in [3.05, 3.63) is 29.3 Å². The van der Waals surface area contributed by atoms with Crippen LogP contribution in [0.1, 0.15) is 56.5 Å². The van der Waals surface area contributed by atoms with Crippen molar-refractivity contribution >= 4 is 21.8 Å². The van der Waals surface area contributed by atoms with Gasteiger partial charge in [0.1, 0.15) is 0 Å². The number of hydrogen-bond donors (Lipinski definition) is 1. The molecule has 0 unspecified atom stereocenters. The monoisotopic (exact) mass is 494 g/mol. The summed E-state index contributed by atoms with van der Waals surface area (Å²) in [7, 11) is 0.382. The second-order valence-electron chi connectivity index (χ2n) is 10.3. The third-order valence-electron chi connectivity index (χ3n) is 6.40. The zero-order valence-electron chi connectivity index (χ0n) is 21.8. The van der Waals surface area contributed by atoms with Crippen LogP contribution in [-0.4, -0.2) is 87.7 Å². The van der Waals surface area contributed by atoms with Gasteiger partial charge >= 0.3 is 0 Å². The molecule has 0 spiro atoms. The van der Waals surface area contributed by atoms with Crippen LogP contribution in [-0.2, 0) is 14.8 Å². The van der Waals surface area contributed by atoms with Gasteiger partial charge in [-0.25, -0.2) is 8.42 Å². The van der Waals surface area contributed by atoms with Gasteiger partial charge in [-0.15, -0.1) is 0 Å². The van der Waals surface area contributed by atoms with Gasteiger partial charge in [-0.1, -0.05) is 33.8 Å². The molecule has 1 fully saturated rings. The molecule has 1 aromatic carbocycles. The Balaban J connectivity index is 2.03. The molecule has 2 amide bonds. The molecular weight excluding hydrogens is 452 g/mol. The van der Waals surface area contributed by atoms with Gasteiger partial charge in [-0.05, 0) is 57.0 Å². The number of nitrogens with zero attached hydrogens (tertiary/aromatic N) is 3. The van der Waals surface area contributed by atoms with Crippen LogP contribution in [0.15, 0.2) is 23.1 Å². The summed E-state index contributed by atoms with van der Waals surface area (Å²) >= 11 is 0. The minimum absolute atomic E-state index is 0.0234. The van der Waals surface area contributed by atoms with Crippen molar-refractivity contribution < 1.29 is 18.0 Å². The molecule has 9 heteroatoms. The highest BCUT2D eigenvalue weighted by molar-refractivity contribution is 7.89. The number of rotatable bonds is 10. The number of aryl methyl sites for hydroxylation is 1. The maximum atomic E-state index is 13.1. The van der Waals surface area contributed by atoms with E-state index in [4.69, 9.17) is 0 Å². The zero-order chi connectivity index (χ0) is 25.7. The quantitative estimate of drug-likeness (QED) is 0.540. The van der Waals surface area contributed by atoms with E-state index in [2.05, 4.69) is 24.1 Å². The van der Waals surface area contributed by atoms with Gasteiger partial charge < -0.3 is 15.1 Å². The number of carbonyl (C=O) groups excluding carboxylic acids is 2. The highest BCUT2D eigenvalue weighted by atomic mass is 32.2. The van der Waals surface area contributed by atoms with Crippen molar-refractivity contribution in [2.24, 2.45) is 11.3 Å². The molecule has 0 bridgehead atoms. The highest BCUT2D eigenvalue weighted by Crippen LogP contribution is 2.24. The molecule has 1 N–H and O–H groups in total. The molecule has 1 heterocycles. The Morgan fingerprint density at radius 3 is 2.24 bits per heavy atom. The van der Waals surface area contributed by atoms with Gasteiger partial charge in [0.25, 0.3) is 5.91 Å². The van der Waals surface area contributed by atoms with E-state index in [1.54, 1.807) is 37.8 Å². The topological polar surface area (TPSA) is 90.0 Å². The maximum Gasteiger partial charge on any atom is 0.253 e. The van der Waals surface area contributed by atoms with E-state index in [1.165, 1.54) is 10.4 Å². The molecule has 1 aliphatic heterocycles. The Hall–Kier alpha value is -1.97. The number of nitrogens with one attached hydrogen (secondary N) is 1. The predicted molar refractivity (Wildman–Crippen MR) is 135 cm³/mol. The molecule has 1 aliphatic rings. The zero-order valence-corrected chi connectivity index (χ0v) is 22.7. The van der Waals surface area contributed by atoms with Gasteiger partial charge in [0.05, 0.1) is 4.90 Å². The first kappa shape index (κ1) is 28.3. The molecule has 192 valence electrons. The summed E-state index contributed by atoms with van der Waals surface area (Å²) in [6, 6.07) is 4.88. The van der Waals surface area contributed by atoms with Gasteiger partial charge in [-0.2, -0.15) is 4.31 Å². The molecule has 8 nitrogen and oxygen atoms in total. The van der Waals surface area contributed by atoms with E-state index in [0.29, 0.717) is 56.7 Å². The molecule has 2 rings (SSSR count). The van der Waals surface area contributed by atoms with Crippen LogP contribution in [0.4, 0.5) is 0 Å². The van der Waals surface area contributed by atoms with Crippen molar-refractivity contribution in [3.8, 4) is 0 Å². The molecule has 0 saturated carbocycles. The van der Waals surface area contributed by atoms with E-state index < -0.39 is 10.0 Å². The Morgan fingerprint density at radius 2 is 1.71 bits per heavy atom. The fraction of sp³-hybridized carbons (Fsp3) is 0.680. The molecule has 1 aromatic rings. The molecule has 0 aromatic heterocycles. The minimum Gasteiger partial charge on any atom is -0.355 e. The van der Waals surface area contributed by atoms with Crippen molar-refractivity contribution in [2.45, 2.75) is 52.4 Å². The first-order valence-electron chi connectivity index (χ1n) is 12.1. The van der Waals surface area contributed by atoms with E-state index in [1.807, 2.05) is 14.1 Å². The number of carbonyl (C=O) groups is 2. The first-order valence-corrected chi connectivity index (χ1v) is 13.6. The third kappa shape index (κ3) is 7.02. The van der Waals surface area contributed by atoms with Crippen LogP contribution in [0.25, 0.3) is 0 Å². The lowest BCUT2D eigenvalue weighted by atomic mass is 9.91. The summed E-state index contributed by atoms with van der Waals surface area (Å²) in [6.45, 7) is 12.8. The minimum atomic E-state index is -3.66. The lowest BCUT2D eigenvalue weighted by Gasteiger charge is -2.33. The summed E-state index contributed by atoms with van der Waals surface area (Å²) in [6.07, 6.45) is 1.20. The molecule has 0 radical (unpaired) electrons. The molecule has 1 saturated heterocycles. The highest BCUT2D eigenvalue weighted by Gasteiger charge is 2.30. The number of piperidine rings is 1. The fourth-order valence-corrected chi connectivity index (χ4v) is 6.33.